The summed E-state index contributed by atoms with van der Waals surface area (Å²) in [6, 6.07) is 2.67. The molecule has 7 heteroatoms. The molecule has 104 valence electrons. The molecule has 0 bridgehead atoms. The summed E-state index contributed by atoms with van der Waals surface area (Å²) >= 11 is 0. The van der Waals surface area contributed by atoms with Gasteiger partial charge in [-0.3, -0.25) is 9.78 Å². The molecule has 2 aromatic rings. The van der Waals surface area contributed by atoms with Gasteiger partial charge in [0.05, 0.1) is 19.0 Å². The molecule has 1 aromatic heterocycles. The van der Waals surface area contributed by atoms with Crippen LogP contribution in [0.5, 0.6) is 11.5 Å². The first-order valence-corrected chi connectivity index (χ1v) is 5.46. The van der Waals surface area contributed by atoms with Gasteiger partial charge in [-0.2, -0.15) is 0 Å². The zero-order valence-corrected chi connectivity index (χ0v) is 10.4. The maximum atomic E-state index is 13.2. The molecule has 2 rings (SSSR count). The number of hydrogen-bond acceptors (Lipinski definition) is 4. The Morgan fingerprint density at radius 2 is 1.90 bits per heavy atom. The summed E-state index contributed by atoms with van der Waals surface area (Å²) in [4.78, 5) is 15.3. The number of aromatic nitrogens is 1. The van der Waals surface area contributed by atoms with Crippen LogP contribution in [0.1, 0.15) is 10.4 Å². The molecule has 0 aliphatic carbocycles. The maximum absolute atomic E-state index is 13.2. The lowest BCUT2D eigenvalue weighted by Gasteiger charge is -2.12. The maximum Gasteiger partial charge on any atom is 0.254 e. The lowest BCUT2D eigenvalue weighted by Crippen LogP contribution is -2.15. The Hall–Kier alpha value is -2.70. The van der Waals surface area contributed by atoms with E-state index in [-0.39, 0.29) is 22.6 Å². The molecule has 5 nitrogen and oxygen atoms in total. The highest BCUT2D eigenvalue weighted by Crippen LogP contribution is 2.35. The van der Waals surface area contributed by atoms with E-state index in [1.807, 2.05) is 0 Å². The Morgan fingerprint density at radius 3 is 2.40 bits per heavy atom. The molecule has 0 radical (unpaired) electrons. The number of carbonyl (C=O) groups excluding carboxylic acids is 1. The minimum Gasteiger partial charge on any atom is -0.503 e. The molecule has 0 saturated carbocycles. The average molecular weight is 280 g/mol. The molecule has 1 aromatic carbocycles. The van der Waals surface area contributed by atoms with Crippen LogP contribution in [0.4, 0.5) is 8.78 Å². The van der Waals surface area contributed by atoms with Crippen molar-refractivity contribution in [2.24, 2.45) is 5.73 Å². The number of pyridine rings is 1. The zero-order chi connectivity index (χ0) is 14.9. The second-order valence-electron chi connectivity index (χ2n) is 3.92. The van der Waals surface area contributed by atoms with Crippen molar-refractivity contribution >= 4 is 5.91 Å². The standard InChI is InChI=1S/C13H10F2N2O3/c1-20-12-9(18)5-17-11(10(12)13(16)19)6-2-7(14)4-8(15)3-6/h2-5,18H,1H3,(H2,16,19). The number of rotatable bonds is 3. The predicted molar refractivity (Wildman–Crippen MR) is 66.3 cm³/mol. The predicted octanol–water partition coefficient (Wildman–Crippen LogP) is 1.84. The number of halogens is 2. The number of benzene rings is 1. The van der Waals surface area contributed by atoms with E-state index in [2.05, 4.69) is 4.98 Å². The number of hydrogen-bond donors (Lipinski definition) is 2. The first-order chi connectivity index (χ1) is 9.43. The minimum absolute atomic E-state index is 0.00889. The van der Waals surface area contributed by atoms with Gasteiger partial charge >= 0.3 is 0 Å². The third-order valence-corrected chi connectivity index (χ3v) is 2.60. The van der Waals surface area contributed by atoms with Crippen LogP contribution in [0.25, 0.3) is 11.3 Å². The van der Waals surface area contributed by atoms with Gasteiger partial charge in [-0.25, -0.2) is 8.78 Å². The van der Waals surface area contributed by atoms with Crippen LogP contribution < -0.4 is 10.5 Å². The van der Waals surface area contributed by atoms with E-state index in [1.54, 1.807) is 0 Å². The molecule has 1 heterocycles. The van der Waals surface area contributed by atoms with Gasteiger partial charge < -0.3 is 15.6 Å². The minimum atomic E-state index is -0.940. The van der Waals surface area contributed by atoms with E-state index < -0.39 is 23.3 Å². The largest absolute Gasteiger partial charge is 0.503 e. The van der Waals surface area contributed by atoms with E-state index in [0.29, 0.717) is 6.07 Å². The Bertz CT molecular complexity index is 669. The van der Waals surface area contributed by atoms with E-state index >= 15 is 0 Å². The van der Waals surface area contributed by atoms with Crippen molar-refractivity contribution in [2.45, 2.75) is 0 Å². The summed E-state index contributed by atoms with van der Waals surface area (Å²) in [7, 11) is 1.22. The number of ether oxygens (including phenoxy) is 1. The lowest BCUT2D eigenvalue weighted by molar-refractivity contribution is 0.0997. The molecule has 3 N–H and O–H groups in total. The van der Waals surface area contributed by atoms with E-state index in [0.717, 1.165) is 18.3 Å². The van der Waals surface area contributed by atoms with Crippen molar-refractivity contribution in [1.29, 1.82) is 0 Å². The van der Waals surface area contributed by atoms with Crippen molar-refractivity contribution < 1.29 is 23.4 Å². The quantitative estimate of drug-likeness (QED) is 0.898. The molecular weight excluding hydrogens is 270 g/mol. The second-order valence-corrected chi connectivity index (χ2v) is 3.92. The van der Waals surface area contributed by atoms with Crippen molar-refractivity contribution in [1.82, 2.24) is 4.98 Å². The zero-order valence-electron chi connectivity index (χ0n) is 10.4. The molecular formula is C13H10F2N2O3. The number of aromatic hydroxyl groups is 1. The fraction of sp³-hybridized carbons (Fsp3) is 0.0769. The number of nitrogens with zero attached hydrogens (tertiary/aromatic N) is 1. The molecule has 1 amide bonds. The van der Waals surface area contributed by atoms with Gasteiger partial charge in [0, 0.05) is 11.6 Å². The summed E-state index contributed by atoms with van der Waals surface area (Å²) in [5.74, 6) is -3.20. The average Bonchev–Trinajstić information content (AvgIpc) is 2.36. The third kappa shape index (κ3) is 2.37. The number of carbonyl (C=O) groups is 1. The van der Waals surface area contributed by atoms with Crippen LogP contribution in [0.3, 0.4) is 0 Å². The van der Waals surface area contributed by atoms with Gasteiger partial charge in [-0.1, -0.05) is 0 Å². The Morgan fingerprint density at radius 1 is 1.30 bits per heavy atom. The molecule has 0 aliphatic rings. The summed E-state index contributed by atoms with van der Waals surface area (Å²) in [5.41, 5.74) is 4.89. The van der Waals surface area contributed by atoms with Crippen LogP contribution in [-0.4, -0.2) is 23.1 Å². The van der Waals surface area contributed by atoms with E-state index in [9.17, 15) is 18.7 Å². The van der Waals surface area contributed by atoms with E-state index in [4.69, 9.17) is 10.5 Å². The molecule has 0 fully saturated rings. The van der Waals surface area contributed by atoms with Crippen LogP contribution in [0.2, 0.25) is 0 Å². The van der Waals surface area contributed by atoms with Gasteiger partial charge in [0.25, 0.3) is 5.91 Å². The lowest BCUT2D eigenvalue weighted by atomic mass is 10.0. The van der Waals surface area contributed by atoms with Gasteiger partial charge in [-0.05, 0) is 12.1 Å². The highest BCUT2D eigenvalue weighted by atomic mass is 19.1. The number of nitrogens with two attached hydrogens (primary N) is 1. The van der Waals surface area contributed by atoms with Gasteiger partial charge in [0.1, 0.15) is 17.2 Å². The van der Waals surface area contributed by atoms with Crippen LogP contribution in [0.15, 0.2) is 24.4 Å². The Kier molecular flexibility index (Phi) is 3.51. The summed E-state index contributed by atoms with van der Waals surface area (Å²) in [6.07, 6.45) is 1.00. The van der Waals surface area contributed by atoms with Crippen LogP contribution >= 0.6 is 0 Å². The molecule has 0 aliphatic heterocycles. The fourth-order valence-electron chi connectivity index (χ4n) is 1.83. The van der Waals surface area contributed by atoms with E-state index in [1.165, 1.54) is 7.11 Å². The number of primary amides is 1. The third-order valence-electron chi connectivity index (χ3n) is 2.60. The molecule has 20 heavy (non-hydrogen) atoms. The molecule has 0 atom stereocenters. The highest BCUT2D eigenvalue weighted by molar-refractivity contribution is 6.02. The van der Waals surface area contributed by atoms with Crippen molar-refractivity contribution in [3.05, 3.63) is 41.6 Å². The molecule has 0 spiro atoms. The summed E-state index contributed by atoms with van der Waals surface area (Å²) < 4.78 is 31.4. The molecule has 0 unspecified atom stereocenters. The molecule has 0 saturated heterocycles. The SMILES string of the molecule is COc1c(O)cnc(-c2cc(F)cc(F)c2)c1C(N)=O. The Labute approximate surface area is 112 Å². The summed E-state index contributed by atoms with van der Waals surface area (Å²) in [5, 5.41) is 9.58. The fourth-order valence-corrected chi connectivity index (χ4v) is 1.83. The highest BCUT2D eigenvalue weighted by Gasteiger charge is 2.21. The summed E-state index contributed by atoms with van der Waals surface area (Å²) in [6.45, 7) is 0. The smallest absolute Gasteiger partial charge is 0.254 e. The van der Waals surface area contributed by atoms with Crippen LogP contribution in [0, 0.1) is 11.6 Å². The topological polar surface area (TPSA) is 85.4 Å². The normalized spacial score (nSPS) is 10.3. The number of amides is 1. The number of methoxy groups -OCH3 is 1. The van der Waals surface area contributed by atoms with Gasteiger partial charge in [0.15, 0.2) is 11.5 Å². The van der Waals surface area contributed by atoms with Crippen molar-refractivity contribution in [3.8, 4) is 22.8 Å². The Balaban J connectivity index is 2.76. The first-order valence-electron chi connectivity index (χ1n) is 5.46. The van der Waals surface area contributed by atoms with Crippen molar-refractivity contribution in [3.63, 3.8) is 0 Å². The van der Waals surface area contributed by atoms with Crippen LogP contribution in [-0.2, 0) is 0 Å². The van der Waals surface area contributed by atoms with Crippen molar-refractivity contribution in [2.75, 3.05) is 7.11 Å². The second kappa shape index (κ2) is 5.12. The first kappa shape index (κ1) is 13.7. The van der Waals surface area contributed by atoms with Gasteiger partial charge in [0.2, 0.25) is 0 Å². The van der Waals surface area contributed by atoms with Gasteiger partial charge in [-0.15, -0.1) is 0 Å². The monoisotopic (exact) mass is 280 g/mol.